The molecule has 0 radical (unpaired) electrons. The summed E-state index contributed by atoms with van der Waals surface area (Å²) in [6.45, 7) is 1.38. The summed E-state index contributed by atoms with van der Waals surface area (Å²) in [5.74, 6) is -1.63. The van der Waals surface area contributed by atoms with Crippen LogP contribution in [0.15, 0.2) is 12.1 Å². The summed E-state index contributed by atoms with van der Waals surface area (Å²) in [7, 11) is 1.72. The fraction of sp³-hybridized carbons (Fsp3) is 0.500. The highest BCUT2D eigenvalue weighted by molar-refractivity contribution is 5.31. The molecule has 1 atom stereocenters. The van der Waals surface area contributed by atoms with E-state index in [1.807, 2.05) is 0 Å². The van der Waals surface area contributed by atoms with Gasteiger partial charge in [-0.2, -0.15) is 0 Å². The van der Waals surface area contributed by atoms with Crippen LogP contribution >= 0.6 is 0 Å². The Morgan fingerprint density at radius 2 is 2.12 bits per heavy atom. The second-order valence-electron chi connectivity index (χ2n) is 4.02. The number of halogens is 2. The maximum absolute atomic E-state index is 13.7. The van der Waals surface area contributed by atoms with Crippen molar-refractivity contribution in [2.45, 2.75) is 19.1 Å². The largest absolute Gasteiger partial charge is 0.482 e. The molecule has 1 aromatic carbocycles. The van der Waals surface area contributed by atoms with Crippen LogP contribution in [-0.4, -0.2) is 26.4 Å². The van der Waals surface area contributed by atoms with E-state index >= 15 is 0 Å². The van der Waals surface area contributed by atoms with Crippen molar-refractivity contribution in [1.82, 2.24) is 5.32 Å². The third kappa shape index (κ3) is 2.92. The predicted molar refractivity (Wildman–Crippen MR) is 59.0 cm³/mol. The van der Waals surface area contributed by atoms with E-state index in [9.17, 15) is 8.78 Å². The van der Waals surface area contributed by atoms with E-state index in [2.05, 4.69) is 5.32 Å². The first-order valence-electron chi connectivity index (χ1n) is 5.57. The van der Waals surface area contributed by atoms with Crippen molar-refractivity contribution in [2.24, 2.45) is 0 Å². The summed E-state index contributed by atoms with van der Waals surface area (Å²) in [6, 6.07) is 2.56. The molecule has 0 aliphatic carbocycles. The van der Waals surface area contributed by atoms with Gasteiger partial charge in [0.1, 0.15) is 6.10 Å². The monoisotopic (exact) mass is 243 g/mol. The van der Waals surface area contributed by atoms with Gasteiger partial charge in [-0.1, -0.05) is 0 Å². The van der Waals surface area contributed by atoms with Crippen molar-refractivity contribution in [1.29, 1.82) is 0 Å². The van der Waals surface area contributed by atoms with Gasteiger partial charge in [-0.15, -0.1) is 0 Å². The third-order valence-corrected chi connectivity index (χ3v) is 2.61. The van der Waals surface area contributed by atoms with Gasteiger partial charge >= 0.3 is 0 Å². The van der Waals surface area contributed by atoms with Crippen LogP contribution in [0, 0.1) is 11.6 Å². The molecule has 1 N–H and O–H groups in total. The van der Waals surface area contributed by atoms with Gasteiger partial charge in [0.25, 0.3) is 0 Å². The predicted octanol–water partition coefficient (Wildman–Crippen LogP) is 1.85. The first kappa shape index (κ1) is 12.3. The SMILES string of the molecule is CNCc1cc(F)c(OC2CCOC2)c(F)c1. The van der Waals surface area contributed by atoms with Crippen molar-refractivity contribution < 1.29 is 18.3 Å². The molecule has 2 rings (SSSR count). The van der Waals surface area contributed by atoms with E-state index in [1.54, 1.807) is 7.05 Å². The minimum atomic E-state index is -0.665. The third-order valence-electron chi connectivity index (χ3n) is 2.61. The molecule has 1 heterocycles. The summed E-state index contributed by atoms with van der Waals surface area (Å²) < 4.78 is 37.7. The van der Waals surface area contributed by atoms with Gasteiger partial charge in [-0.05, 0) is 24.7 Å². The number of hydrogen-bond donors (Lipinski definition) is 1. The van der Waals surface area contributed by atoms with Gasteiger partial charge in [-0.3, -0.25) is 0 Å². The van der Waals surface area contributed by atoms with E-state index in [-0.39, 0.29) is 11.9 Å². The maximum Gasteiger partial charge on any atom is 0.191 e. The Morgan fingerprint density at radius 3 is 2.65 bits per heavy atom. The Kier molecular flexibility index (Phi) is 3.91. The summed E-state index contributed by atoms with van der Waals surface area (Å²) in [4.78, 5) is 0. The maximum atomic E-state index is 13.7. The molecule has 17 heavy (non-hydrogen) atoms. The Morgan fingerprint density at radius 1 is 1.41 bits per heavy atom. The van der Waals surface area contributed by atoms with Crippen LogP contribution in [0.25, 0.3) is 0 Å². The number of benzene rings is 1. The molecule has 0 amide bonds. The molecule has 1 aromatic rings. The summed E-state index contributed by atoms with van der Waals surface area (Å²) in [6.07, 6.45) is 0.408. The molecule has 0 aromatic heterocycles. The molecule has 1 aliphatic heterocycles. The first-order valence-corrected chi connectivity index (χ1v) is 5.57. The van der Waals surface area contributed by atoms with Crippen molar-refractivity contribution in [3.8, 4) is 5.75 Å². The van der Waals surface area contributed by atoms with Crippen LogP contribution in [-0.2, 0) is 11.3 Å². The second kappa shape index (κ2) is 5.42. The van der Waals surface area contributed by atoms with Crippen molar-refractivity contribution in [3.05, 3.63) is 29.3 Å². The number of hydrogen-bond acceptors (Lipinski definition) is 3. The lowest BCUT2D eigenvalue weighted by molar-refractivity contribution is 0.134. The summed E-state index contributed by atoms with van der Waals surface area (Å²) in [5.41, 5.74) is 0.553. The zero-order valence-corrected chi connectivity index (χ0v) is 9.63. The molecule has 1 unspecified atom stereocenters. The highest BCUT2D eigenvalue weighted by Crippen LogP contribution is 2.26. The Hall–Kier alpha value is -1.20. The lowest BCUT2D eigenvalue weighted by Gasteiger charge is -2.14. The molecule has 94 valence electrons. The fourth-order valence-corrected chi connectivity index (χ4v) is 1.80. The van der Waals surface area contributed by atoms with Crippen LogP contribution in [0.3, 0.4) is 0 Å². The molecule has 3 nitrogen and oxygen atoms in total. The molecule has 5 heteroatoms. The van der Waals surface area contributed by atoms with E-state index in [0.717, 1.165) is 0 Å². The highest BCUT2D eigenvalue weighted by Gasteiger charge is 2.21. The molecule has 1 fully saturated rings. The Balaban J connectivity index is 2.15. The lowest BCUT2D eigenvalue weighted by Crippen LogP contribution is -2.17. The zero-order chi connectivity index (χ0) is 12.3. The van der Waals surface area contributed by atoms with Crippen LogP contribution in [0.4, 0.5) is 8.78 Å². The Bertz CT molecular complexity index is 369. The standard InChI is InChI=1S/C12H15F2NO2/c1-15-6-8-4-10(13)12(11(14)5-8)17-9-2-3-16-7-9/h4-5,9,15H,2-3,6-7H2,1H3. The molecule has 1 aliphatic rings. The Labute approximate surface area is 98.7 Å². The molecule has 0 spiro atoms. The molecule has 1 saturated heterocycles. The van der Waals surface area contributed by atoms with Crippen LogP contribution in [0.5, 0.6) is 5.75 Å². The first-order chi connectivity index (χ1) is 8.20. The van der Waals surface area contributed by atoms with Gasteiger partial charge in [0.15, 0.2) is 17.4 Å². The molecule has 0 bridgehead atoms. The minimum Gasteiger partial charge on any atom is -0.482 e. The molecular weight excluding hydrogens is 228 g/mol. The summed E-state index contributed by atoms with van der Waals surface area (Å²) in [5, 5.41) is 2.84. The molecule has 0 saturated carbocycles. The van der Waals surface area contributed by atoms with Crippen LogP contribution < -0.4 is 10.1 Å². The number of nitrogens with one attached hydrogen (secondary N) is 1. The van der Waals surface area contributed by atoms with E-state index in [1.165, 1.54) is 12.1 Å². The van der Waals surface area contributed by atoms with Gasteiger partial charge in [0, 0.05) is 13.0 Å². The average Bonchev–Trinajstić information content (AvgIpc) is 2.76. The number of ether oxygens (including phenoxy) is 2. The second-order valence-corrected chi connectivity index (χ2v) is 4.02. The van der Waals surface area contributed by atoms with Crippen molar-refractivity contribution in [2.75, 3.05) is 20.3 Å². The fourth-order valence-electron chi connectivity index (χ4n) is 1.80. The van der Waals surface area contributed by atoms with E-state index < -0.39 is 11.6 Å². The van der Waals surface area contributed by atoms with Gasteiger partial charge in [0.2, 0.25) is 0 Å². The van der Waals surface area contributed by atoms with Crippen LogP contribution in [0.1, 0.15) is 12.0 Å². The van der Waals surface area contributed by atoms with E-state index in [0.29, 0.717) is 31.7 Å². The quantitative estimate of drug-likeness (QED) is 0.875. The minimum absolute atomic E-state index is 0.255. The summed E-state index contributed by atoms with van der Waals surface area (Å²) >= 11 is 0. The highest BCUT2D eigenvalue weighted by atomic mass is 19.1. The van der Waals surface area contributed by atoms with Crippen molar-refractivity contribution in [3.63, 3.8) is 0 Å². The van der Waals surface area contributed by atoms with Gasteiger partial charge in [0.05, 0.1) is 13.2 Å². The van der Waals surface area contributed by atoms with Crippen molar-refractivity contribution >= 4 is 0 Å². The lowest BCUT2D eigenvalue weighted by atomic mass is 10.2. The zero-order valence-electron chi connectivity index (χ0n) is 9.63. The normalized spacial score (nSPS) is 19.6. The average molecular weight is 243 g/mol. The van der Waals surface area contributed by atoms with E-state index in [4.69, 9.17) is 9.47 Å². The molecular formula is C12H15F2NO2. The smallest absolute Gasteiger partial charge is 0.191 e. The number of rotatable bonds is 4. The van der Waals surface area contributed by atoms with Crippen LogP contribution in [0.2, 0.25) is 0 Å². The van der Waals surface area contributed by atoms with Gasteiger partial charge in [-0.25, -0.2) is 8.78 Å². The van der Waals surface area contributed by atoms with Gasteiger partial charge < -0.3 is 14.8 Å². The topological polar surface area (TPSA) is 30.5 Å².